The molecule has 0 fully saturated rings. The lowest BCUT2D eigenvalue weighted by atomic mass is 10.3. The van der Waals surface area contributed by atoms with E-state index >= 15 is 0 Å². The molecule has 0 unspecified atom stereocenters. The number of hydrogen-bond acceptors (Lipinski definition) is 4. The zero-order chi connectivity index (χ0) is 11.5. The number of rotatable bonds is 3. The second-order valence-electron chi connectivity index (χ2n) is 3.03. The molecule has 0 saturated heterocycles. The van der Waals surface area contributed by atoms with Crippen molar-refractivity contribution in [2.75, 3.05) is 7.11 Å². The number of nitrogens with zero attached hydrogens (tertiary/aromatic N) is 3. The molecule has 1 aromatic carbocycles. The highest BCUT2D eigenvalue weighted by molar-refractivity contribution is 5.84. The summed E-state index contributed by atoms with van der Waals surface area (Å²) < 4.78 is 5.05. The number of carboxylic acids is 1. The number of benzene rings is 1. The average molecular weight is 219 g/mol. The van der Waals surface area contributed by atoms with Crippen molar-refractivity contribution in [1.82, 2.24) is 15.0 Å². The maximum Gasteiger partial charge on any atom is 0.358 e. The summed E-state index contributed by atoms with van der Waals surface area (Å²) in [6.45, 7) is 0. The van der Waals surface area contributed by atoms with Crippen LogP contribution in [0.5, 0.6) is 5.75 Å². The predicted molar refractivity (Wildman–Crippen MR) is 54.9 cm³/mol. The van der Waals surface area contributed by atoms with Gasteiger partial charge in [0.1, 0.15) is 5.75 Å². The first-order chi connectivity index (χ1) is 7.70. The van der Waals surface area contributed by atoms with Gasteiger partial charge in [0.25, 0.3) is 0 Å². The minimum atomic E-state index is -1.10. The fraction of sp³-hybridized carbons (Fsp3) is 0.100. The van der Waals surface area contributed by atoms with Gasteiger partial charge in [-0.3, -0.25) is 0 Å². The summed E-state index contributed by atoms with van der Waals surface area (Å²) in [6.07, 6.45) is 1.20. The molecule has 6 heteroatoms. The first-order valence-electron chi connectivity index (χ1n) is 4.51. The van der Waals surface area contributed by atoms with Crippen LogP contribution in [0.1, 0.15) is 10.5 Å². The normalized spacial score (nSPS) is 10.1. The standard InChI is InChI=1S/C10H9N3O3/c1-16-8-4-2-3-7(5-8)13-11-6-9(12-13)10(14)15/h2-6H,1H3,(H,14,15). The van der Waals surface area contributed by atoms with Crippen LogP contribution in [-0.2, 0) is 0 Å². The lowest BCUT2D eigenvalue weighted by Gasteiger charge is -2.02. The average Bonchev–Trinajstić information content (AvgIpc) is 2.78. The van der Waals surface area contributed by atoms with Gasteiger partial charge in [0.15, 0.2) is 5.69 Å². The third kappa shape index (κ3) is 1.85. The molecule has 0 aliphatic heterocycles. The molecule has 0 spiro atoms. The Morgan fingerprint density at radius 1 is 1.50 bits per heavy atom. The highest BCUT2D eigenvalue weighted by Gasteiger charge is 2.09. The van der Waals surface area contributed by atoms with Crippen LogP contribution in [0.2, 0.25) is 0 Å². The molecule has 0 bridgehead atoms. The molecule has 0 amide bonds. The molecule has 0 aliphatic carbocycles. The summed E-state index contributed by atoms with van der Waals surface area (Å²) in [6, 6.07) is 7.03. The van der Waals surface area contributed by atoms with Crippen molar-refractivity contribution in [3.05, 3.63) is 36.2 Å². The summed E-state index contributed by atoms with van der Waals surface area (Å²) in [7, 11) is 1.55. The molecular weight excluding hydrogens is 210 g/mol. The molecule has 2 rings (SSSR count). The van der Waals surface area contributed by atoms with Crippen LogP contribution in [0.3, 0.4) is 0 Å². The molecule has 6 nitrogen and oxygen atoms in total. The first kappa shape index (κ1) is 10.2. The number of carboxylic acid groups (broad SMARTS) is 1. The third-order valence-electron chi connectivity index (χ3n) is 2.00. The van der Waals surface area contributed by atoms with Crippen molar-refractivity contribution in [2.45, 2.75) is 0 Å². The molecule has 0 aliphatic rings. The molecule has 0 atom stereocenters. The quantitative estimate of drug-likeness (QED) is 0.832. The van der Waals surface area contributed by atoms with Crippen molar-refractivity contribution in [2.24, 2.45) is 0 Å². The van der Waals surface area contributed by atoms with Crippen molar-refractivity contribution in [1.29, 1.82) is 0 Å². The van der Waals surface area contributed by atoms with Gasteiger partial charge in [-0.05, 0) is 12.1 Å². The van der Waals surface area contributed by atoms with E-state index in [0.717, 1.165) is 0 Å². The second kappa shape index (κ2) is 4.01. The molecule has 0 radical (unpaired) electrons. The molecule has 16 heavy (non-hydrogen) atoms. The van der Waals surface area contributed by atoms with Crippen LogP contribution >= 0.6 is 0 Å². The second-order valence-corrected chi connectivity index (χ2v) is 3.03. The summed E-state index contributed by atoms with van der Waals surface area (Å²) in [5.74, 6) is -0.444. The van der Waals surface area contributed by atoms with Gasteiger partial charge in [-0.15, -0.1) is 5.10 Å². The Balaban J connectivity index is 2.38. The van der Waals surface area contributed by atoms with Crippen molar-refractivity contribution in [3.8, 4) is 11.4 Å². The van der Waals surface area contributed by atoms with Gasteiger partial charge < -0.3 is 9.84 Å². The van der Waals surface area contributed by atoms with E-state index < -0.39 is 5.97 Å². The lowest BCUT2D eigenvalue weighted by molar-refractivity contribution is 0.0690. The van der Waals surface area contributed by atoms with Gasteiger partial charge >= 0.3 is 5.97 Å². The Bertz CT molecular complexity index is 522. The van der Waals surface area contributed by atoms with E-state index in [1.165, 1.54) is 11.0 Å². The van der Waals surface area contributed by atoms with Gasteiger partial charge in [0.2, 0.25) is 0 Å². The smallest absolute Gasteiger partial charge is 0.358 e. The molecule has 1 N–H and O–H groups in total. The summed E-state index contributed by atoms with van der Waals surface area (Å²) in [5, 5.41) is 16.4. The Morgan fingerprint density at radius 2 is 2.31 bits per heavy atom. The number of aromatic nitrogens is 3. The molecular formula is C10H9N3O3. The van der Waals surface area contributed by atoms with Gasteiger partial charge in [-0.25, -0.2) is 4.79 Å². The Kier molecular flexibility index (Phi) is 2.55. The Morgan fingerprint density at radius 3 is 2.94 bits per heavy atom. The summed E-state index contributed by atoms with van der Waals surface area (Å²) in [4.78, 5) is 11.9. The molecule has 82 valence electrons. The van der Waals surface area contributed by atoms with Crippen LogP contribution < -0.4 is 4.74 Å². The van der Waals surface area contributed by atoms with Gasteiger partial charge in [-0.1, -0.05) is 6.07 Å². The molecule has 2 aromatic rings. The lowest BCUT2D eigenvalue weighted by Crippen LogP contribution is -2.02. The maximum atomic E-state index is 10.6. The third-order valence-corrected chi connectivity index (χ3v) is 2.00. The number of carbonyl (C=O) groups is 1. The molecule has 1 aromatic heterocycles. The van der Waals surface area contributed by atoms with E-state index in [9.17, 15) is 4.79 Å². The van der Waals surface area contributed by atoms with E-state index in [4.69, 9.17) is 9.84 Å². The molecule has 0 saturated carbocycles. The largest absolute Gasteiger partial charge is 0.497 e. The van der Waals surface area contributed by atoms with Gasteiger partial charge in [0, 0.05) is 6.07 Å². The van der Waals surface area contributed by atoms with Gasteiger partial charge in [0.05, 0.1) is 19.0 Å². The van der Waals surface area contributed by atoms with Crippen molar-refractivity contribution < 1.29 is 14.6 Å². The predicted octanol–water partition coefficient (Wildman–Crippen LogP) is 0.974. The van der Waals surface area contributed by atoms with E-state index in [-0.39, 0.29) is 5.69 Å². The van der Waals surface area contributed by atoms with E-state index in [0.29, 0.717) is 11.4 Å². The van der Waals surface area contributed by atoms with Crippen molar-refractivity contribution in [3.63, 3.8) is 0 Å². The van der Waals surface area contributed by atoms with Crippen LogP contribution in [0.4, 0.5) is 0 Å². The Labute approximate surface area is 91.1 Å². The highest BCUT2D eigenvalue weighted by atomic mass is 16.5. The van der Waals surface area contributed by atoms with E-state index in [2.05, 4.69) is 10.2 Å². The van der Waals surface area contributed by atoms with Crippen LogP contribution in [0, 0.1) is 0 Å². The highest BCUT2D eigenvalue weighted by Crippen LogP contribution is 2.14. The van der Waals surface area contributed by atoms with Gasteiger partial charge in [-0.2, -0.15) is 9.90 Å². The fourth-order valence-corrected chi connectivity index (χ4v) is 1.22. The van der Waals surface area contributed by atoms with Crippen molar-refractivity contribution >= 4 is 5.97 Å². The molecule has 1 heterocycles. The monoisotopic (exact) mass is 219 g/mol. The zero-order valence-electron chi connectivity index (χ0n) is 8.49. The summed E-state index contributed by atoms with van der Waals surface area (Å²) in [5.41, 5.74) is 0.551. The topological polar surface area (TPSA) is 77.2 Å². The summed E-state index contributed by atoms with van der Waals surface area (Å²) >= 11 is 0. The van der Waals surface area contributed by atoms with E-state index in [1.54, 1.807) is 31.4 Å². The first-order valence-corrected chi connectivity index (χ1v) is 4.51. The SMILES string of the molecule is COc1cccc(-n2ncc(C(=O)O)n2)c1. The van der Waals surface area contributed by atoms with Crippen LogP contribution in [-0.4, -0.2) is 33.2 Å². The van der Waals surface area contributed by atoms with E-state index in [1.807, 2.05) is 0 Å². The van der Waals surface area contributed by atoms with Crippen LogP contribution in [0.25, 0.3) is 5.69 Å². The minimum absolute atomic E-state index is 0.0946. The number of ether oxygens (including phenoxy) is 1. The fourth-order valence-electron chi connectivity index (χ4n) is 1.22. The number of hydrogen-bond donors (Lipinski definition) is 1. The zero-order valence-corrected chi connectivity index (χ0v) is 8.49. The Hall–Kier alpha value is -2.37. The number of methoxy groups -OCH3 is 1. The maximum absolute atomic E-state index is 10.6. The minimum Gasteiger partial charge on any atom is -0.497 e. The van der Waals surface area contributed by atoms with Crippen LogP contribution in [0.15, 0.2) is 30.5 Å². The number of aromatic carboxylic acids is 1.